The molecule has 1 heterocycles. The van der Waals surface area contributed by atoms with Crippen molar-refractivity contribution in [3.63, 3.8) is 0 Å². The van der Waals surface area contributed by atoms with Crippen LogP contribution < -0.4 is 11.1 Å². The van der Waals surface area contributed by atoms with Gasteiger partial charge in [-0.05, 0) is 31.1 Å². The number of likely N-dealkylation sites (tertiary alicyclic amines) is 1. The highest BCUT2D eigenvalue weighted by Crippen LogP contribution is 2.21. The molecule has 0 spiro atoms. The first kappa shape index (κ1) is 23.4. The normalized spacial score (nSPS) is 21.5. The Kier molecular flexibility index (Phi) is 9.18. The van der Waals surface area contributed by atoms with Crippen LogP contribution >= 0.6 is 0 Å². The SMILES string of the molecule is CC[C@H](C)[C@H](NC(=O)[C@@H]1CCCN1C(=O)[C@@H](O)[C@H](N)CC(C)C)C(=O)OC. The highest BCUT2D eigenvalue weighted by Gasteiger charge is 2.40. The van der Waals surface area contributed by atoms with Crippen molar-refractivity contribution in [2.24, 2.45) is 17.6 Å². The summed E-state index contributed by atoms with van der Waals surface area (Å²) < 4.78 is 4.79. The first-order valence-electron chi connectivity index (χ1n) is 9.76. The minimum absolute atomic E-state index is 0.1000. The van der Waals surface area contributed by atoms with Crippen molar-refractivity contribution in [1.82, 2.24) is 10.2 Å². The summed E-state index contributed by atoms with van der Waals surface area (Å²) in [6.45, 7) is 8.09. The number of aliphatic hydroxyl groups excluding tert-OH is 1. The van der Waals surface area contributed by atoms with Gasteiger partial charge in [-0.2, -0.15) is 0 Å². The van der Waals surface area contributed by atoms with Gasteiger partial charge in [0.2, 0.25) is 5.91 Å². The predicted molar refractivity (Wildman–Crippen MR) is 102 cm³/mol. The lowest BCUT2D eigenvalue weighted by Gasteiger charge is -2.30. The second-order valence-corrected chi connectivity index (χ2v) is 7.82. The third-order valence-corrected chi connectivity index (χ3v) is 5.21. The molecule has 1 aliphatic rings. The third-order valence-electron chi connectivity index (χ3n) is 5.21. The molecule has 156 valence electrons. The van der Waals surface area contributed by atoms with Crippen LogP contribution in [0.2, 0.25) is 0 Å². The fraction of sp³-hybridized carbons (Fsp3) is 0.842. The van der Waals surface area contributed by atoms with E-state index in [1.54, 1.807) is 0 Å². The van der Waals surface area contributed by atoms with Gasteiger partial charge in [-0.25, -0.2) is 4.79 Å². The minimum atomic E-state index is -1.34. The Morgan fingerprint density at radius 2 is 1.93 bits per heavy atom. The number of nitrogens with two attached hydrogens (primary N) is 1. The molecule has 0 radical (unpaired) electrons. The number of ether oxygens (including phenoxy) is 1. The van der Waals surface area contributed by atoms with Gasteiger partial charge in [-0.1, -0.05) is 34.1 Å². The van der Waals surface area contributed by atoms with Crippen molar-refractivity contribution in [1.29, 1.82) is 0 Å². The van der Waals surface area contributed by atoms with Gasteiger partial charge in [-0.15, -0.1) is 0 Å². The fourth-order valence-electron chi connectivity index (χ4n) is 3.37. The monoisotopic (exact) mass is 385 g/mol. The Hall–Kier alpha value is -1.67. The van der Waals surface area contributed by atoms with Crippen LogP contribution in [0.25, 0.3) is 0 Å². The highest BCUT2D eigenvalue weighted by molar-refractivity contribution is 5.92. The molecule has 8 heteroatoms. The molecule has 0 aromatic heterocycles. The molecule has 5 atom stereocenters. The maximum Gasteiger partial charge on any atom is 0.328 e. The van der Waals surface area contributed by atoms with E-state index < -0.39 is 42.0 Å². The van der Waals surface area contributed by atoms with Crippen LogP contribution in [0.4, 0.5) is 0 Å². The zero-order chi connectivity index (χ0) is 20.7. The molecule has 2 amide bonds. The molecule has 0 saturated carbocycles. The zero-order valence-electron chi connectivity index (χ0n) is 17.1. The van der Waals surface area contributed by atoms with E-state index in [1.165, 1.54) is 12.0 Å². The lowest BCUT2D eigenvalue weighted by molar-refractivity contribution is -0.149. The summed E-state index contributed by atoms with van der Waals surface area (Å²) in [5, 5.41) is 13.0. The average molecular weight is 386 g/mol. The average Bonchev–Trinajstić information content (AvgIpc) is 3.12. The highest BCUT2D eigenvalue weighted by atomic mass is 16.5. The first-order valence-corrected chi connectivity index (χ1v) is 9.76. The van der Waals surface area contributed by atoms with E-state index >= 15 is 0 Å². The predicted octanol–water partition coefficient (Wildman–Crippen LogP) is 0.416. The fourth-order valence-corrected chi connectivity index (χ4v) is 3.37. The van der Waals surface area contributed by atoms with E-state index in [2.05, 4.69) is 5.32 Å². The quantitative estimate of drug-likeness (QED) is 0.494. The summed E-state index contributed by atoms with van der Waals surface area (Å²) in [5.74, 6) is -1.29. The Bertz CT molecular complexity index is 525. The molecule has 1 saturated heterocycles. The van der Waals surface area contributed by atoms with Crippen LogP contribution in [-0.2, 0) is 19.1 Å². The first-order chi connectivity index (χ1) is 12.6. The number of aliphatic hydroxyl groups is 1. The number of carbonyl (C=O) groups is 3. The van der Waals surface area contributed by atoms with Crippen LogP contribution in [0.15, 0.2) is 0 Å². The van der Waals surface area contributed by atoms with Gasteiger partial charge in [0.05, 0.1) is 7.11 Å². The maximum absolute atomic E-state index is 12.8. The van der Waals surface area contributed by atoms with Gasteiger partial charge in [0.15, 0.2) is 0 Å². The maximum atomic E-state index is 12.8. The van der Waals surface area contributed by atoms with Gasteiger partial charge in [-0.3, -0.25) is 9.59 Å². The summed E-state index contributed by atoms with van der Waals surface area (Å²) in [4.78, 5) is 38.8. The summed E-state index contributed by atoms with van der Waals surface area (Å²) in [6.07, 6.45) is 0.999. The van der Waals surface area contributed by atoms with Crippen LogP contribution in [0, 0.1) is 11.8 Å². The van der Waals surface area contributed by atoms with Gasteiger partial charge in [0.1, 0.15) is 18.2 Å². The summed E-state index contributed by atoms with van der Waals surface area (Å²) in [6, 6.07) is -2.16. The number of rotatable bonds is 9. The van der Waals surface area contributed by atoms with Crippen molar-refractivity contribution < 1.29 is 24.2 Å². The van der Waals surface area contributed by atoms with Crippen molar-refractivity contribution >= 4 is 17.8 Å². The zero-order valence-corrected chi connectivity index (χ0v) is 17.1. The van der Waals surface area contributed by atoms with Crippen molar-refractivity contribution in [3.05, 3.63) is 0 Å². The van der Waals surface area contributed by atoms with E-state index in [0.717, 1.165) is 0 Å². The van der Waals surface area contributed by atoms with E-state index in [9.17, 15) is 19.5 Å². The Labute approximate surface area is 161 Å². The number of nitrogens with one attached hydrogen (secondary N) is 1. The summed E-state index contributed by atoms with van der Waals surface area (Å²) >= 11 is 0. The lowest BCUT2D eigenvalue weighted by atomic mass is 9.98. The third kappa shape index (κ3) is 6.17. The molecule has 1 aliphatic heterocycles. The smallest absolute Gasteiger partial charge is 0.328 e. The Balaban J connectivity index is 2.84. The molecule has 1 rings (SSSR count). The Morgan fingerprint density at radius 3 is 2.44 bits per heavy atom. The Morgan fingerprint density at radius 1 is 1.30 bits per heavy atom. The standard InChI is InChI=1S/C19H35N3O5/c1-6-12(4)15(19(26)27-5)21-17(24)14-8-7-9-22(14)18(25)16(23)13(20)10-11(2)3/h11-16,23H,6-10,20H2,1-5H3,(H,21,24)/t12-,13+,14-,15-,16-/m0/s1. The van der Waals surface area contributed by atoms with Crippen molar-refractivity contribution in [2.45, 2.75) is 77.6 Å². The summed E-state index contributed by atoms with van der Waals surface area (Å²) in [7, 11) is 1.28. The van der Waals surface area contributed by atoms with E-state index in [4.69, 9.17) is 10.5 Å². The summed E-state index contributed by atoms with van der Waals surface area (Å²) in [5.41, 5.74) is 5.95. The minimum Gasteiger partial charge on any atom is -0.467 e. The number of methoxy groups -OCH3 is 1. The topological polar surface area (TPSA) is 122 Å². The van der Waals surface area contributed by atoms with Crippen molar-refractivity contribution in [3.8, 4) is 0 Å². The van der Waals surface area contributed by atoms with Gasteiger partial charge in [0, 0.05) is 12.6 Å². The lowest BCUT2D eigenvalue weighted by Crippen LogP contribution is -2.56. The molecular weight excluding hydrogens is 350 g/mol. The molecule has 8 nitrogen and oxygen atoms in total. The number of carbonyl (C=O) groups excluding carboxylic acids is 3. The number of hydrogen-bond acceptors (Lipinski definition) is 6. The molecule has 0 unspecified atom stereocenters. The van der Waals surface area contributed by atoms with E-state index in [-0.39, 0.29) is 11.8 Å². The van der Waals surface area contributed by atoms with Gasteiger partial charge in [0.25, 0.3) is 5.91 Å². The van der Waals surface area contributed by atoms with Crippen LogP contribution in [0.1, 0.15) is 53.4 Å². The molecule has 1 fully saturated rings. The van der Waals surface area contributed by atoms with E-state index in [0.29, 0.717) is 32.2 Å². The molecule has 27 heavy (non-hydrogen) atoms. The van der Waals surface area contributed by atoms with Crippen LogP contribution in [0.3, 0.4) is 0 Å². The second kappa shape index (κ2) is 10.6. The molecule has 0 bridgehead atoms. The van der Waals surface area contributed by atoms with Crippen molar-refractivity contribution in [2.75, 3.05) is 13.7 Å². The molecule has 0 aliphatic carbocycles. The van der Waals surface area contributed by atoms with Crippen LogP contribution in [0.5, 0.6) is 0 Å². The van der Waals surface area contributed by atoms with Gasteiger partial charge < -0.3 is 25.8 Å². The molecule has 0 aromatic carbocycles. The molecule has 4 N–H and O–H groups in total. The largest absolute Gasteiger partial charge is 0.467 e. The molecular formula is C19H35N3O5. The van der Waals surface area contributed by atoms with E-state index in [1.807, 2.05) is 27.7 Å². The van der Waals surface area contributed by atoms with Crippen LogP contribution in [-0.4, -0.2) is 65.7 Å². The number of amides is 2. The number of nitrogens with zero attached hydrogens (tertiary/aromatic N) is 1. The molecule has 0 aromatic rings. The number of esters is 1. The van der Waals surface area contributed by atoms with Gasteiger partial charge >= 0.3 is 5.97 Å². The second-order valence-electron chi connectivity index (χ2n) is 7.82. The number of hydrogen-bond donors (Lipinski definition) is 3.